The Labute approximate surface area is 120 Å². The third-order valence-corrected chi connectivity index (χ3v) is 4.58. The maximum Gasteiger partial charge on any atom is 0.342 e. The van der Waals surface area contributed by atoms with E-state index >= 15 is 0 Å². The molecule has 0 N–H and O–H groups in total. The van der Waals surface area contributed by atoms with Crippen LogP contribution in [-0.4, -0.2) is 11.9 Å². The predicted molar refractivity (Wildman–Crippen MR) is 75.7 cm³/mol. The number of cyclic esters (lactones) is 2. The van der Waals surface area contributed by atoms with Gasteiger partial charge in [0.05, 0.1) is 11.1 Å². The Bertz CT molecular complexity index is 474. The topological polar surface area (TPSA) is 43.4 Å². The zero-order chi connectivity index (χ0) is 14.3. The monoisotopic (exact) mass is 274 g/mol. The molecule has 2 bridgehead atoms. The first-order valence-corrected chi connectivity index (χ1v) is 7.74. The van der Waals surface area contributed by atoms with E-state index in [1.54, 1.807) is 5.57 Å². The van der Waals surface area contributed by atoms with Crippen LogP contribution in [-0.2, 0) is 14.3 Å². The summed E-state index contributed by atoms with van der Waals surface area (Å²) in [5.41, 5.74) is 3.09. The van der Waals surface area contributed by atoms with Crippen molar-refractivity contribution in [1.29, 1.82) is 0 Å². The SMILES string of the molecule is CC(C)CC=C1CC1.O=C1OC(=O)C2=C1C1CCC2C1. The van der Waals surface area contributed by atoms with Crippen molar-refractivity contribution in [2.75, 3.05) is 0 Å². The summed E-state index contributed by atoms with van der Waals surface area (Å²) < 4.78 is 4.56. The van der Waals surface area contributed by atoms with Crippen LogP contribution in [0, 0.1) is 17.8 Å². The first-order valence-electron chi connectivity index (χ1n) is 7.74. The third kappa shape index (κ3) is 2.58. The van der Waals surface area contributed by atoms with Gasteiger partial charge in [0.1, 0.15) is 0 Å². The maximum atomic E-state index is 11.2. The number of allylic oxidation sites excluding steroid dienone is 2. The molecule has 2 atom stereocenters. The smallest absolute Gasteiger partial charge is 0.342 e. The molecular weight excluding hydrogens is 252 g/mol. The van der Waals surface area contributed by atoms with E-state index in [-0.39, 0.29) is 11.9 Å². The van der Waals surface area contributed by atoms with Gasteiger partial charge in [-0.2, -0.15) is 0 Å². The molecule has 2 saturated carbocycles. The van der Waals surface area contributed by atoms with Gasteiger partial charge in [0, 0.05) is 0 Å². The minimum atomic E-state index is -0.373. The summed E-state index contributed by atoms with van der Waals surface area (Å²) in [5.74, 6) is 0.778. The predicted octanol–water partition coefficient (Wildman–Crippen LogP) is 3.55. The first kappa shape index (κ1) is 13.6. The van der Waals surface area contributed by atoms with Crippen LogP contribution < -0.4 is 0 Å². The van der Waals surface area contributed by atoms with E-state index in [0.29, 0.717) is 23.0 Å². The molecular formula is C17H22O3. The molecule has 1 heterocycles. The normalized spacial score (nSPS) is 29.4. The zero-order valence-electron chi connectivity index (χ0n) is 12.3. The molecule has 3 nitrogen and oxygen atoms in total. The average molecular weight is 274 g/mol. The molecule has 3 heteroatoms. The van der Waals surface area contributed by atoms with Crippen molar-refractivity contribution in [1.82, 2.24) is 0 Å². The Hall–Kier alpha value is -1.38. The molecule has 0 radical (unpaired) electrons. The molecule has 3 aliphatic carbocycles. The van der Waals surface area contributed by atoms with E-state index in [2.05, 4.69) is 24.7 Å². The minimum Gasteiger partial charge on any atom is -0.386 e. The molecule has 0 amide bonds. The standard InChI is InChI=1S/C9H8O3.C8H14/c10-8-6-4-1-2-5(3-4)7(6)9(11)12-8;1-7(2)3-4-8-5-6-8/h4-5H,1-3H2;4,7H,3,5-6H2,1-2H3. The number of rotatable bonds is 2. The van der Waals surface area contributed by atoms with Crippen molar-refractivity contribution in [3.05, 3.63) is 22.8 Å². The number of hydrogen-bond donors (Lipinski definition) is 0. The second-order valence-corrected chi connectivity index (χ2v) is 6.70. The third-order valence-electron chi connectivity index (χ3n) is 4.58. The summed E-state index contributed by atoms with van der Waals surface area (Å²) in [6.07, 6.45) is 9.57. The van der Waals surface area contributed by atoms with Crippen LogP contribution in [0.25, 0.3) is 0 Å². The van der Waals surface area contributed by atoms with Crippen LogP contribution in [0.3, 0.4) is 0 Å². The zero-order valence-corrected chi connectivity index (χ0v) is 12.3. The number of carbonyl (C=O) groups excluding carboxylic acids is 2. The van der Waals surface area contributed by atoms with Gasteiger partial charge in [0.25, 0.3) is 0 Å². The molecule has 2 unspecified atom stereocenters. The second kappa shape index (κ2) is 5.19. The molecule has 0 spiro atoms. The van der Waals surface area contributed by atoms with Crippen molar-refractivity contribution < 1.29 is 14.3 Å². The lowest BCUT2D eigenvalue weighted by atomic mass is 9.93. The highest BCUT2D eigenvalue weighted by molar-refractivity contribution is 6.13. The number of ether oxygens (including phenoxy) is 1. The van der Waals surface area contributed by atoms with Gasteiger partial charge in [-0.25, -0.2) is 9.59 Å². The highest BCUT2D eigenvalue weighted by atomic mass is 16.6. The number of carbonyl (C=O) groups is 2. The lowest BCUT2D eigenvalue weighted by Gasteiger charge is -2.06. The van der Waals surface area contributed by atoms with Crippen LogP contribution in [0.2, 0.25) is 0 Å². The maximum absolute atomic E-state index is 11.2. The van der Waals surface area contributed by atoms with E-state index in [9.17, 15) is 9.59 Å². The minimum absolute atomic E-state index is 0.337. The average Bonchev–Trinajstić information content (AvgIpc) is 2.87. The van der Waals surface area contributed by atoms with Crippen LogP contribution in [0.1, 0.15) is 52.4 Å². The second-order valence-electron chi connectivity index (χ2n) is 6.70. The first-order chi connectivity index (χ1) is 9.56. The fourth-order valence-corrected chi connectivity index (χ4v) is 3.37. The lowest BCUT2D eigenvalue weighted by Crippen LogP contribution is -2.08. The van der Waals surface area contributed by atoms with E-state index in [1.807, 2.05) is 0 Å². The summed E-state index contributed by atoms with van der Waals surface area (Å²) in [6.45, 7) is 4.53. The van der Waals surface area contributed by atoms with E-state index in [4.69, 9.17) is 0 Å². The van der Waals surface area contributed by atoms with Crippen LogP contribution in [0.4, 0.5) is 0 Å². The summed E-state index contributed by atoms with van der Waals surface area (Å²) in [4.78, 5) is 22.3. The summed E-state index contributed by atoms with van der Waals surface area (Å²) >= 11 is 0. The summed E-state index contributed by atoms with van der Waals surface area (Å²) in [5, 5.41) is 0. The van der Waals surface area contributed by atoms with E-state index < -0.39 is 0 Å². The molecule has 20 heavy (non-hydrogen) atoms. The van der Waals surface area contributed by atoms with Gasteiger partial charge in [-0.1, -0.05) is 25.5 Å². The Balaban J connectivity index is 0.000000133. The van der Waals surface area contributed by atoms with E-state index in [0.717, 1.165) is 25.2 Å². The van der Waals surface area contributed by atoms with Crippen molar-refractivity contribution in [2.24, 2.45) is 17.8 Å². The Morgan fingerprint density at radius 3 is 2.10 bits per heavy atom. The Kier molecular flexibility index (Phi) is 3.53. The molecule has 4 rings (SSSR count). The number of hydrogen-bond acceptors (Lipinski definition) is 3. The van der Waals surface area contributed by atoms with Gasteiger partial charge in [0.15, 0.2) is 0 Å². The quantitative estimate of drug-likeness (QED) is 0.439. The van der Waals surface area contributed by atoms with Crippen LogP contribution in [0.5, 0.6) is 0 Å². The van der Waals surface area contributed by atoms with Crippen molar-refractivity contribution in [2.45, 2.75) is 52.4 Å². The Morgan fingerprint density at radius 1 is 1.10 bits per heavy atom. The largest absolute Gasteiger partial charge is 0.386 e. The molecule has 0 saturated heterocycles. The molecule has 0 aromatic carbocycles. The van der Waals surface area contributed by atoms with Gasteiger partial charge in [-0.05, 0) is 56.3 Å². The van der Waals surface area contributed by atoms with Crippen LogP contribution >= 0.6 is 0 Å². The molecule has 2 fully saturated rings. The van der Waals surface area contributed by atoms with E-state index in [1.165, 1.54) is 19.3 Å². The van der Waals surface area contributed by atoms with Gasteiger partial charge < -0.3 is 4.74 Å². The molecule has 0 aromatic rings. The highest BCUT2D eigenvalue weighted by Gasteiger charge is 2.50. The fraction of sp³-hybridized carbons (Fsp3) is 0.647. The number of fused-ring (bicyclic) bond motifs is 4. The summed E-state index contributed by atoms with van der Waals surface area (Å²) in [7, 11) is 0. The lowest BCUT2D eigenvalue weighted by molar-refractivity contribution is -0.151. The Morgan fingerprint density at radius 2 is 1.65 bits per heavy atom. The van der Waals surface area contributed by atoms with Gasteiger partial charge in [0.2, 0.25) is 0 Å². The molecule has 0 aromatic heterocycles. The van der Waals surface area contributed by atoms with Gasteiger partial charge in [-0.3, -0.25) is 0 Å². The fourth-order valence-electron chi connectivity index (χ4n) is 3.37. The van der Waals surface area contributed by atoms with Crippen molar-refractivity contribution in [3.63, 3.8) is 0 Å². The number of esters is 2. The molecule has 1 aliphatic heterocycles. The van der Waals surface area contributed by atoms with Gasteiger partial charge >= 0.3 is 11.9 Å². The van der Waals surface area contributed by atoms with Crippen LogP contribution in [0.15, 0.2) is 22.8 Å². The van der Waals surface area contributed by atoms with Gasteiger partial charge in [-0.15, -0.1) is 0 Å². The highest BCUT2D eigenvalue weighted by Crippen LogP contribution is 2.51. The molecule has 108 valence electrons. The van der Waals surface area contributed by atoms with Crippen molar-refractivity contribution in [3.8, 4) is 0 Å². The summed E-state index contributed by atoms with van der Waals surface area (Å²) in [6, 6.07) is 0. The molecule has 4 aliphatic rings. The van der Waals surface area contributed by atoms with Crippen molar-refractivity contribution >= 4 is 11.9 Å².